The number of aromatic nitrogens is 3. The van der Waals surface area contributed by atoms with Crippen LogP contribution in [0, 0.1) is 0 Å². The summed E-state index contributed by atoms with van der Waals surface area (Å²) in [6.45, 7) is 0. The molecule has 4 N–H and O–H groups in total. The first-order valence-electron chi connectivity index (χ1n) is 3.39. The lowest BCUT2D eigenvalue weighted by Crippen LogP contribution is -2.12. The van der Waals surface area contributed by atoms with Gasteiger partial charge in [-0.3, -0.25) is 0 Å². The van der Waals surface area contributed by atoms with Crippen LogP contribution in [0.1, 0.15) is 0 Å². The number of fused-ring (bicyclic) bond motifs is 1. The third-order valence-electron chi connectivity index (χ3n) is 1.69. The van der Waals surface area contributed by atoms with Crippen molar-refractivity contribution in [3.05, 3.63) is 12.3 Å². The second kappa shape index (κ2) is 2.07. The van der Waals surface area contributed by atoms with Crippen molar-refractivity contribution in [2.75, 3.05) is 18.6 Å². The average molecular weight is 167 g/mol. The fraction of sp³-hybridized carbons (Fsp3) is 0.167. The fourth-order valence-corrected chi connectivity index (χ4v) is 1.17. The summed E-state index contributed by atoms with van der Waals surface area (Å²) in [6, 6.07) is 1.78. The standard InChI is InChI=1S/C6H9N5O/c1-12-10-3-2-4-5(7)9-6(8)11(4)10/h2-3H,7H2,1H3,(H2,8,9). The van der Waals surface area contributed by atoms with Gasteiger partial charge in [0.15, 0.2) is 5.82 Å². The second-order valence-electron chi connectivity index (χ2n) is 2.35. The molecule has 0 radical (unpaired) electrons. The van der Waals surface area contributed by atoms with Gasteiger partial charge in [-0.1, -0.05) is 0 Å². The molecule has 0 unspecified atom stereocenters. The molecule has 0 aromatic carbocycles. The van der Waals surface area contributed by atoms with Crippen molar-refractivity contribution in [2.24, 2.45) is 0 Å². The van der Waals surface area contributed by atoms with Crippen LogP contribution in [-0.4, -0.2) is 21.5 Å². The van der Waals surface area contributed by atoms with Crippen LogP contribution < -0.4 is 16.3 Å². The molecule has 64 valence electrons. The molecular weight excluding hydrogens is 158 g/mol. The van der Waals surface area contributed by atoms with E-state index >= 15 is 0 Å². The van der Waals surface area contributed by atoms with Gasteiger partial charge >= 0.3 is 0 Å². The predicted molar refractivity (Wildman–Crippen MR) is 44.5 cm³/mol. The lowest BCUT2D eigenvalue weighted by molar-refractivity contribution is 0.125. The number of nitrogen functional groups attached to an aromatic ring is 2. The van der Waals surface area contributed by atoms with Crippen LogP contribution in [0.5, 0.6) is 0 Å². The van der Waals surface area contributed by atoms with Gasteiger partial charge in [-0.25, -0.2) is 0 Å². The monoisotopic (exact) mass is 167 g/mol. The normalized spacial score (nSPS) is 10.8. The molecule has 0 saturated heterocycles. The molecule has 0 fully saturated rings. The lowest BCUT2D eigenvalue weighted by Gasteiger charge is -2.01. The van der Waals surface area contributed by atoms with E-state index in [4.69, 9.17) is 16.3 Å². The minimum absolute atomic E-state index is 0.314. The summed E-state index contributed by atoms with van der Waals surface area (Å²) in [5.74, 6) is 0.720. The molecule has 2 aromatic rings. The summed E-state index contributed by atoms with van der Waals surface area (Å²) in [5, 5.41) is 0. The van der Waals surface area contributed by atoms with E-state index in [1.54, 1.807) is 16.8 Å². The van der Waals surface area contributed by atoms with Crippen LogP contribution in [-0.2, 0) is 0 Å². The van der Waals surface area contributed by atoms with Crippen molar-refractivity contribution in [1.29, 1.82) is 0 Å². The van der Waals surface area contributed by atoms with Gasteiger partial charge in [-0.2, -0.15) is 9.50 Å². The third kappa shape index (κ3) is 0.659. The molecular formula is C6H9N5O. The second-order valence-corrected chi connectivity index (χ2v) is 2.35. The van der Waals surface area contributed by atoms with E-state index in [0.717, 1.165) is 5.52 Å². The zero-order chi connectivity index (χ0) is 8.72. The van der Waals surface area contributed by atoms with Crippen molar-refractivity contribution < 1.29 is 4.84 Å². The van der Waals surface area contributed by atoms with Gasteiger partial charge in [0.1, 0.15) is 12.6 Å². The highest BCUT2D eigenvalue weighted by Gasteiger charge is 2.09. The SMILES string of the molecule is COn1ccc2c(N)nc(N)n21. The molecule has 0 saturated carbocycles. The summed E-state index contributed by atoms with van der Waals surface area (Å²) in [7, 11) is 1.54. The van der Waals surface area contributed by atoms with Crippen LogP contribution in [0.4, 0.5) is 11.8 Å². The maximum absolute atomic E-state index is 5.57. The minimum Gasteiger partial charge on any atom is -0.401 e. The lowest BCUT2D eigenvalue weighted by atomic mass is 10.5. The molecule has 12 heavy (non-hydrogen) atoms. The molecule has 2 rings (SSSR count). The number of imidazole rings is 1. The number of anilines is 2. The van der Waals surface area contributed by atoms with Gasteiger partial charge in [0.2, 0.25) is 5.95 Å². The molecule has 0 aliphatic heterocycles. The molecule has 0 atom stereocenters. The maximum atomic E-state index is 5.57. The number of nitrogens with two attached hydrogens (primary N) is 2. The summed E-state index contributed by atoms with van der Waals surface area (Å²) in [6.07, 6.45) is 1.71. The van der Waals surface area contributed by atoms with E-state index in [0.29, 0.717) is 11.8 Å². The quantitative estimate of drug-likeness (QED) is 0.591. The van der Waals surface area contributed by atoms with Gasteiger partial charge in [0.25, 0.3) is 0 Å². The number of hydrogen-bond donors (Lipinski definition) is 2. The summed E-state index contributed by atoms with van der Waals surface area (Å²) < 4.78 is 1.58. The Morgan fingerprint density at radius 2 is 2.25 bits per heavy atom. The highest BCUT2D eigenvalue weighted by molar-refractivity contribution is 5.68. The van der Waals surface area contributed by atoms with Crippen molar-refractivity contribution in [2.45, 2.75) is 0 Å². The van der Waals surface area contributed by atoms with E-state index in [-0.39, 0.29) is 0 Å². The Hall–Kier alpha value is -1.85. The van der Waals surface area contributed by atoms with Crippen LogP contribution >= 0.6 is 0 Å². The Labute approximate surface area is 68.3 Å². The summed E-state index contributed by atoms with van der Waals surface area (Å²) in [5.41, 5.74) is 11.9. The Bertz CT molecular complexity index is 415. The van der Waals surface area contributed by atoms with Gasteiger partial charge in [0.05, 0.1) is 6.20 Å². The zero-order valence-electron chi connectivity index (χ0n) is 6.56. The Morgan fingerprint density at radius 3 is 2.92 bits per heavy atom. The molecule has 0 spiro atoms. The average Bonchev–Trinajstić information content (AvgIpc) is 2.55. The van der Waals surface area contributed by atoms with Crippen molar-refractivity contribution in [1.82, 2.24) is 14.3 Å². The molecule has 0 aliphatic carbocycles. The van der Waals surface area contributed by atoms with E-state index in [1.165, 1.54) is 12.0 Å². The number of hydrogen-bond acceptors (Lipinski definition) is 4. The predicted octanol–water partition coefficient (Wildman–Crippen LogP) is -0.641. The van der Waals surface area contributed by atoms with Crippen LogP contribution in [0.25, 0.3) is 5.52 Å². The van der Waals surface area contributed by atoms with Crippen molar-refractivity contribution in [3.63, 3.8) is 0 Å². The van der Waals surface area contributed by atoms with Crippen LogP contribution in [0.3, 0.4) is 0 Å². The van der Waals surface area contributed by atoms with Crippen LogP contribution in [0.15, 0.2) is 12.3 Å². The first-order valence-corrected chi connectivity index (χ1v) is 3.39. The van der Waals surface area contributed by atoms with E-state index < -0.39 is 0 Å². The smallest absolute Gasteiger partial charge is 0.224 e. The molecule has 0 bridgehead atoms. The largest absolute Gasteiger partial charge is 0.401 e. The van der Waals surface area contributed by atoms with Gasteiger partial charge < -0.3 is 16.3 Å². The minimum atomic E-state index is 0.314. The van der Waals surface area contributed by atoms with Gasteiger partial charge in [-0.05, 0) is 6.07 Å². The van der Waals surface area contributed by atoms with Crippen LogP contribution in [0.2, 0.25) is 0 Å². The fourth-order valence-electron chi connectivity index (χ4n) is 1.17. The third-order valence-corrected chi connectivity index (χ3v) is 1.69. The van der Waals surface area contributed by atoms with E-state index in [1.807, 2.05) is 0 Å². The molecule has 0 amide bonds. The Morgan fingerprint density at radius 1 is 1.50 bits per heavy atom. The highest BCUT2D eigenvalue weighted by Crippen LogP contribution is 2.16. The Kier molecular flexibility index (Phi) is 1.18. The van der Waals surface area contributed by atoms with Crippen molar-refractivity contribution in [3.8, 4) is 0 Å². The first kappa shape index (κ1) is 6.84. The molecule has 2 heterocycles. The summed E-state index contributed by atoms with van der Waals surface area (Å²) >= 11 is 0. The maximum Gasteiger partial charge on any atom is 0.224 e. The molecule has 6 nitrogen and oxygen atoms in total. The van der Waals surface area contributed by atoms with Gasteiger partial charge in [0, 0.05) is 0 Å². The topological polar surface area (TPSA) is 83.5 Å². The summed E-state index contributed by atoms with van der Waals surface area (Å²) in [4.78, 5) is 10.3. The van der Waals surface area contributed by atoms with Gasteiger partial charge in [-0.15, -0.1) is 4.85 Å². The highest BCUT2D eigenvalue weighted by atomic mass is 16.7. The van der Waals surface area contributed by atoms with Crippen molar-refractivity contribution >= 4 is 17.3 Å². The zero-order valence-corrected chi connectivity index (χ0v) is 6.56. The molecule has 0 aliphatic rings. The Balaban J connectivity index is 2.84. The van der Waals surface area contributed by atoms with E-state index in [2.05, 4.69) is 4.98 Å². The molecule has 6 heteroatoms. The number of nitrogens with zero attached hydrogens (tertiary/aromatic N) is 3. The number of rotatable bonds is 1. The van der Waals surface area contributed by atoms with E-state index in [9.17, 15) is 0 Å². The molecule has 2 aromatic heterocycles. The first-order chi connectivity index (χ1) is 5.74.